The van der Waals surface area contributed by atoms with Crippen molar-refractivity contribution in [2.45, 2.75) is 45.3 Å². The van der Waals surface area contributed by atoms with Gasteiger partial charge in [-0.3, -0.25) is 0 Å². The van der Waals surface area contributed by atoms with Gasteiger partial charge in [-0.05, 0) is 13.3 Å². The van der Waals surface area contributed by atoms with Crippen molar-refractivity contribution in [1.29, 1.82) is 0 Å². The molecule has 0 saturated carbocycles. The number of hydrogen-bond donors (Lipinski definition) is 1. The molecule has 1 atom stereocenters. The first kappa shape index (κ1) is 14.3. The molecule has 1 aromatic rings. The Balaban J connectivity index is 1.98. The van der Waals surface area contributed by atoms with Crippen LogP contribution in [0.5, 0.6) is 0 Å². The fraction of sp³-hybridized carbons (Fsp3) is 0.786. The zero-order valence-corrected chi connectivity index (χ0v) is 12.2. The Kier molecular flexibility index (Phi) is 4.82. The molecule has 1 N–H and O–H groups in total. The van der Waals surface area contributed by atoms with Crippen molar-refractivity contribution in [3.8, 4) is 0 Å². The lowest BCUT2D eigenvalue weighted by Gasteiger charge is -2.26. The molecule has 0 aromatic carbocycles. The van der Waals surface area contributed by atoms with Crippen molar-refractivity contribution in [2.75, 3.05) is 32.2 Å². The summed E-state index contributed by atoms with van der Waals surface area (Å²) in [5.41, 5.74) is 0.850. The average Bonchev–Trinajstić information content (AvgIpc) is 3.01. The number of hydrogen-bond acceptors (Lipinski definition) is 4. The summed E-state index contributed by atoms with van der Waals surface area (Å²) in [5, 5.41) is 3.42. The molecule has 1 unspecified atom stereocenters. The Morgan fingerprint density at radius 3 is 3.05 bits per heavy atom. The molecule has 1 aliphatic rings. The molecular weight excluding hydrogens is 242 g/mol. The maximum atomic E-state index is 5.62. The first-order valence-corrected chi connectivity index (χ1v) is 7.09. The van der Waals surface area contributed by atoms with Crippen molar-refractivity contribution < 1.29 is 9.47 Å². The maximum Gasteiger partial charge on any atom is 0.203 e. The number of aromatic nitrogens is 2. The Morgan fingerprint density at radius 1 is 1.58 bits per heavy atom. The molecule has 5 nitrogen and oxygen atoms in total. The van der Waals surface area contributed by atoms with Crippen molar-refractivity contribution in [3.05, 3.63) is 11.9 Å². The van der Waals surface area contributed by atoms with Gasteiger partial charge in [0.25, 0.3) is 0 Å². The van der Waals surface area contributed by atoms with Crippen LogP contribution in [0.1, 0.15) is 31.9 Å². The number of imidazole rings is 1. The largest absolute Gasteiger partial charge is 0.378 e. The lowest BCUT2D eigenvalue weighted by molar-refractivity contribution is -0.00635. The monoisotopic (exact) mass is 267 g/mol. The molecule has 1 fully saturated rings. The average molecular weight is 267 g/mol. The third-order valence-corrected chi connectivity index (χ3v) is 3.72. The number of methoxy groups -OCH3 is 1. The van der Waals surface area contributed by atoms with Crippen LogP contribution in [0, 0.1) is 6.92 Å². The van der Waals surface area contributed by atoms with Gasteiger partial charge in [-0.1, -0.05) is 13.3 Å². The maximum absolute atomic E-state index is 5.62. The van der Waals surface area contributed by atoms with Crippen molar-refractivity contribution >= 4 is 5.95 Å². The normalized spacial score (nSPS) is 22.9. The Labute approximate surface area is 115 Å². The second-order valence-electron chi connectivity index (χ2n) is 5.30. The van der Waals surface area contributed by atoms with E-state index in [1.54, 1.807) is 7.11 Å². The number of anilines is 1. The fourth-order valence-corrected chi connectivity index (χ4v) is 2.39. The highest BCUT2D eigenvalue weighted by Gasteiger charge is 2.35. The van der Waals surface area contributed by atoms with Gasteiger partial charge in [-0.15, -0.1) is 0 Å². The minimum Gasteiger partial charge on any atom is -0.378 e. The predicted octanol–water partition coefficient (Wildman–Crippen LogP) is 2.21. The molecule has 0 spiro atoms. The number of aryl methyl sites for hydroxylation is 2. The second-order valence-corrected chi connectivity index (χ2v) is 5.30. The van der Waals surface area contributed by atoms with E-state index in [9.17, 15) is 0 Å². The summed E-state index contributed by atoms with van der Waals surface area (Å²) in [4.78, 5) is 4.55. The van der Waals surface area contributed by atoms with Gasteiger partial charge in [0.1, 0.15) is 5.60 Å². The van der Waals surface area contributed by atoms with Gasteiger partial charge >= 0.3 is 0 Å². The predicted molar refractivity (Wildman–Crippen MR) is 75.5 cm³/mol. The lowest BCUT2D eigenvalue weighted by Crippen LogP contribution is -2.40. The molecule has 0 aliphatic carbocycles. The van der Waals surface area contributed by atoms with Gasteiger partial charge in [-0.2, -0.15) is 0 Å². The summed E-state index contributed by atoms with van der Waals surface area (Å²) >= 11 is 0. The molecule has 0 amide bonds. The van der Waals surface area contributed by atoms with Gasteiger partial charge in [0.05, 0.1) is 12.3 Å². The number of nitrogens with zero attached hydrogens (tertiary/aromatic N) is 2. The summed E-state index contributed by atoms with van der Waals surface area (Å²) in [6.07, 6.45) is 5.39. The van der Waals surface area contributed by atoms with Crippen molar-refractivity contribution in [2.24, 2.45) is 0 Å². The quantitative estimate of drug-likeness (QED) is 0.823. The van der Waals surface area contributed by atoms with Gasteiger partial charge in [0.2, 0.25) is 5.95 Å². The SMILES string of the molecule is CCCCn1cc(C)nc1NCC1(OC)CCOC1. The summed E-state index contributed by atoms with van der Waals surface area (Å²) in [6, 6.07) is 0. The van der Waals surface area contributed by atoms with E-state index in [2.05, 4.69) is 28.0 Å². The Morgan fingerprint density at radius 2 is 2.42 bits per heavy atom. The van der Waals surface area contributed by atoms with Crippen LogP contribution in [0.2, 0.25) is 0 Å². The van der Waals surface area contributed by atoms with E-state index in [1.165, 1.54) is 12.8 Å². The summed E-state index contributed by atoms with van der Waals surface area (Å²) in [6.45, 7) is 7.41. The van der Waals surface area contributed by atoms with E-state index >= 15 is 0 Å². The molecule has 0 radical (unpaired) electrons. The van der Waals surface area contributed by atoms with Gasteiger partial charge in [-0.25, -0.2) is 4.98 Å². The van der Waals surface area contributed by atoms with Crippen LogP contribution in [0.15, 0.2) is 6.20 Å². The van der Waals surface area contributed by atoms with Gasteiger partial charge in [0, 0.05) is 39.4 Å². The molecule has 1 saturated heterocycles. The minimum absolute atomic E-state index is 0.199. The van der Waals surface area contributed by atoms with E-state index in [4.69, 9.17) is 9.47 Å². The highest BCUT2D eigenvalue weighted by atomic mass is 16.5. The van der Waals surface area contributed by atoms with E-state index in [-0.39, 0.29) is 5.60 Å². The number of unbranched alkanes of at least 4 members (excludes halogenated alkanes) is 1. The van der Waals surface area contributed by atoms with E-state index in [0.29, 0.717) is 6.61 Å². The third-order valence-electron chi connectivity index (χ3n) is 3.72. The first-order valence-electron chi connectivity index (χ1n) is 7.09. The molecule has 2 rings (SSSR count). The van der Waals surface area contributed by atoms with Crippen LogP contribution in [-0.2, 0) is 16.0 Å². The number of rotatable bonds is 7. The van der Waals surface area contributed by atoms with Gasteiger partial charge < -0.3 is 19.4 Å². The Hall–Kier alpha value is -1.07. The van der Waals surface area contributed by atoms with Crippen LogP contribution < -0.4 is 5.32 Å². The van der Waals surface area contributed by atoms with Crippen LogP contribution in [0.4, 0.5) is 5.95 Å². The molecule has 2 heterocycles. The standard InChI is InChI=1S/C14H25N3O2/c1-4-5-7-17-9-12(2)16-13(17)15-10-14(18-3)6-8-19-11-14/h9H,4-8,10-11H2,1-3H3,(H,15,16). The molecule has 1 aliphatic heterocycles. The van der Waals surface area contributed by atoms with E-state index in [1.807, 2.05) is 6.92 Å². The van der Waals surface area contributed by atoms with Gasteiger partial charge in [0.15, 0.2) is 0 Å². The topological polar surface area (TPSA) is 48.3 Å². The van der Waals surface area contributed by atoms with E-state index in [0.717, 1.165) is 37.8 Å². The molecular formula is C14H25N3O2. The molecule has 108 valence electrons. The molecule has 5 heteroatoms. The second kappa shape index (κ2) is 6.39. The third kappa shape index (κ3) is 3.48. The summed E-state index contributed by atoms with van der Waals surface area (Å²) in [5.74, 6) is 0.939. The molecule has 19 heavy (non-hydrogen) atoms. The zero-order valence-electron chi connectivity index (χ0n) is 12.2. The zero-order chi connectivity index (χ0) is 13.7. The van der Waals surface area contributed by atoms with Crippen LogP contribution >= 0.6 is 0 Å². The highest BCUT2D eigenvalue weighted by molar-refractivity contribution is 5.29. The number of nitrogens with one attached hydrogen (secondary N) is 1. The lowest BCUT2D eigenvalue weighted by atomic mass is 10.0. The molecule has 1 aromatic heterocycles. The highest BCUT2D eigenvalue weighted by Crippen LogP contribution is 2.23. The summed E-state index contributed by atoms with van der Waals surface area (Å²) < 4.78 is 13.3. The first-order chi connectivity index (χ1) is 9.19. The number of ether oxygens (including phenoxy) is 2. The van der Waals surface area contributed by atoms with Crippen molar-refractivity contribution in [3.63, 3.8) is 0 Å². The summed E-state index contributed by atoms with van der Waals surface area (Å²) in [7, 11) is 1.76. The smallest absolute Gasteiger partial charge is 0.203 e. The van der Waals surface area contributed by atoms with Crippen molar-refractivity contribution in [1.82, 2.24) is 9.55 Å². The Bertz CT molecular complexity index is 397. The van der Waals surface area contributed by atoms with Crippen LogP contribution in [0.3, 0.4) is 0 Å². The fourth-order valence-electron chi connectivity index (χ4n) is 2.39. The van der Waals surface area contributed by atoms with E-state index < -0.39 is 0 Å². The van der Waals surface area contributed by atoms with Crippen LogP contribution in [0.25, 0.3) is 0 Å². The van der Waals surface area contributed by atoms with Crippen LogP contribution in [-0.4, -0.2) is 42.0 Å². The minimum atomic E-state index is -0.199. The molecule has 0 bridgehead atoms.